The second kappa shape index (κ2) is 5.70. The molecule has 2 N–H and O–H groups in total. The summed E-state index contributed by atoms with van der Waals surface area (Å²) in [6.07, 6.45) is 3.45. The number of carbonyl (C=O) groups is 1. The van der Waals surface area contributed by atoms with E-state index >= 15 is 0 Å². The average Bonchev–Trinajstić information content (AvgIpc) is 2.97. The number of amides is 1. The smallest absolute Gasteiger partial charge is 0.295 e. The third kappa shape index (κ3) is 2.74. The second-order valence-electron chi connectivity index (χ2n) is 4.69. The predicted octanol–water partition coefficient (Wildman–Crippen LogP) is 2.56. The van der Waals surface area contributed by atoms with Crippen molar-refractivity contribution in [1.29, 1.82) is 0 Å². The monoisotopic (exact) mass is 281 g/mol. The van der Waals surface area contributed by atoms with Crippen LogP contribution < -0.4 is 5.32 Å². The highest BCUT2D eigenvalue weighted by molar-refractivity contribution is 6.06. The molecule has 2 aromatic heterocycles. The Bertz CT molecular complexity index is 775. The lowest BCUT2D eigenvalue weighted by molar-refractivity contribution is 0.101. The minimum atomic E-state index is -0.329. The number of aromatic amines is 1. The number of nitrogens with zero attached hydrogens (tertiary/aromatic N) is 3. The van der Waals surface area contributed by atoms with E-state index in [-0.39, 0.29) is 11.7 Å². The number of H-pyrrole nitrogens is 1. The van der Waals surface area contributed by atoms with Crippen molar-refractivity contribution >= 4 is 22.5 Å². The molecule has 0 aliphatic carbocycles. The van der Waals surface area contributed by atoms with Gasteiger partial charge in [-0.15, -0.1) is 5.10 Å². The Morgan fingerprint density at radius 3 is 3.05 bits per heavy atom. The highest BCUT2D eigenvalue weighted by atomic mass is 16.2. The first kappa shape index (κ1) is 13.2. The van der Waals surface area contributed by atoms with Gasteiger partial charge in [0.15, 0.2) is 0 Å². The van der Waals surface area contributed by atoms with Crippen LogP contribution in [0.4, 0.5) is 5.69 Å². The minimum absolute atomic E-state index is 0.152. The number of hydrogen-bond acceptors (Lipinski definition) is 4. The van der Waals surface area contributed by atoms with Crippen LogP contribution >= 0.6 is 0 Å². The molecule has 0 fully saturated rings. The van der Waals surface area contributed by atoms with Crippen LogP contribution in [0.5, 0.6) is 0 Å². The molecule has 0 aliphatic heterocycles. The van der Waals surface area contributed by atoms with Gasteiger partial charge >= 0.3 is 0 Å². The van der Waals surface area contributed by atoms with Gasteiger partial charge in [0.2, 0.25) is 5.82 Å². The Balaban J connectivity index is 1.85. The Kier molecular flexibility index (Phi) is 3.59. The summed E-state index contributed by atoms with van der Waals surface area (Å²) in [6, 6.07) is 9.34. The van der Waals surface area contributed by atoms with Gasteiger partial charge in [-0.1, -0.05) is 13.0 Å². The number of aryl methyl sites for hydroxylation is 1. The van der Waals surface area contributed by atoms with E-state index in [9.17, 15) is 4.79 Å². The maximum atomic E-state index is 12.2. The van der Waals surface area contributed by atoms with Crippen molar-refractivity contribution in [2.75, 3.05) is 5.32 Å². The van der Waals surface area contributed by atoms with Crippen LogP contribution in [0, 0.1) is 0 Å². The Morgan fingerprint density at radius 2 is 2.19 bits per heavy atom. The standard InChI is InChI=1S/C15H15N5O/c1-2-5-13-18-14(20-19-13)15(21)17-12-8-3-7-11-10(12)6-4-9-16-11/h3-4,6-9H,2,5H2,1H3,(H,17,21)(H,18,19,20). The molecule has 0 saturated heterocycles. The molecule has 0 atom stereocenters. The molecule has 6 heteroatoms. The third-order valence-corrected chi connectivity index (χ3v) is 3.12. The van der Waals surface area contributed by atoms with Crippen molar-refractivity contribution in [2.24, 2.45) is 0 Å². The van der Waals surface area contributed by atoms with Crippen molar-refractivity contribution in [3.05, 3.63) is 48.2 Å². The lowest BCUT2D eigenvalue weighted by atomic mass is 10.2. The molecule has 21 heavy (non-hydrogen) atoms. The minimum Gasteiger partial charge on any atom is -0.319 e. The van der Waals surface area contributed by atoms with E-state index < -0.39 is 0 Å². The number of aromatic nitrogens is 4. The molecular formula is C15H15N5O. The third-order valence-electron chi connectivity index (χ3n) is 3.12. The van der Waals surface area contributed by atoms with Crippen molar-refractivity contribution in [1.82, 2.24) is 20.2 Å². The largest absolute Gasteiger partial charge is 0.319 e. The number of hydrogen-bond donors (Lipinski definition) is 2. The molecule has 0 spiro atoms. The van der Waals surface area contributed by atoms with Crippen LogP contribution in [0.25, 0.3) is 10.9 Å². The quantitative estimate of drug-likeness (QED) is 0.769. The molecule has 1 aromatic carbocycles. The first-order chi connectivity index (χ1) is 10.3. The molecule has 1 amide bonds. The van der Waals surface area contributed by atoms with Crippen molar-refractivity contribution < 1.29 is 4.79 Å². The predicted molar refractivity (Wildman–Crippen MR) is 80.1 cm³/mol. The lowest BCUT2D eigenvalue weighted by Gasteiger charge is -2.06. The highest BCUT2D eigenvalue weighted by Gasteiger charge is 2.13. The summed E-state index contributed by atoms with van der Waals surface area (Å²) in [5, 5.41) is 10.4. The molecular weight excluding hydrogens is 266 g/mol. The van der Waals surface area contributed by atoms with Crippen molar-refractivity contribution in [2.45, 2.75) is 19.8 Å². The summed E-state index contributed by atoms with van der Waals surface area (Å²) >= 11 is 0. The van der Waals surface area contributed by atoms with E-state index in [1.807, 2.05) is 37.3 Å². The highest BCUT2D eigenvalue weighted by Crippen LogP contribution is 2.21. The zero-order valence-corrected chi connectivity index (χ0v) is 11.6. The number of benzene rings is 1. The second-order valence-corrected chi connectivity index (χ2v) is 4.69. The molecule has 0 bridgehead atoms. The van der Waals surface area contributed by atoms with E-state index in [0.717, 1.165) is 29.6 Å². The van der Waals surface area contributed by atoms with Crippen LogP contribution in [-0.2, 0) is 6.42 Å². The summed E-state index contributed by atoms with van der Waals surface area (Å²) in [5.74, 6) is 0.548. The van der Waals surface area contributed by atoms with Gasteiger partial charge in [-0.25, -0.2) is 4.98 Å². The van der Waals surface area contributed by atoms with Gasteiger partial charge in [0.25, 0.3) is 5.91 Å². The number of rotatable bonds is 4. The number of pyridine rings is 1. The fourth-order valence-corrected chi connectivity index (χ4v) is 2.14. The van der Waals surface area contributed by atoms with E-state index in [4.69, 9.17) is 0 Å². The topological polar surface area (TPSA) is 83.6 Å². The van der Waals surface area contributed by atoms with Gasteiger partial charge in [0, 0.05) is 18.0 Å². The van der Waals surface area contributed by atoms with Gasteiger partial charge in [0.05, 0.1) is 11.2 Å². The van der Waals surface area contributed by atoms with Gasteiger partial charge in [-0.2, -0.15) is 0 Å². The molecule has 3 rings (SSSR count). The SMILES string of the molecule is CCCc1nc(C(=O)Nc2cccc3ncccc23)n[nH]1. The Hall–Kier alpha value is -2.76. The zero-order chi connectivity index (χ0) is 14.7. The first-order valence-corrected chi connectivity index (χ1v) is 6.84. The average molecular weight is 281 g/mol. The van der Waals surface area contributed by atoms with Gasteiger partial charge in [0.1, 0.15) is 5.82 Å². The van der Waals surface area contributed by atoms with E-state index in [0.29, 0.717) is 5.69 Å². The molecule has 106 valence electrons. The molecule has 0 aliphatic rings. The number of fused-ring (bicyclic) bond motifs is 1. The molecule has 6 nitrogen and oxygen atoms in total. The van der Waals surface area contributed by atoms with Crippen LogP contribution in [0.1, 0.15) is 29.8 Å². The normalized spacial score (nSPS) is 10.7. The summed E-state index contributed by atoms with van der Waals surface area (Å²) in [4.78, 5) is 20.6. The first-order valence-electron chi connectivity index (χ1n) is 6.84. The number of nitrogens with one attached hydrogen (secondary N) is 2. The van der Waals surface area contributed by atoms with Crippen LogP contribution in [0.2, 0.25) is 0 Å². The molecule has 2 heterocycles. The number of carbonyl (C=O) groups excluding carboxylic acids is 1. The number of anilines is 1. The Morgan fingerprint density at radius 1 is 1.29 bits per heavy atom. The molecule has 0 radical (unpaired) electrons. The van der Waals surface area contributed by atoms with Crippen LogP contribution in [0.15, 0.2) is 36.5 Å². The van der Waals surface area contributed by atoms with E-state index in [1.165, 1.54) is 0 Å². The van der Waals surface area contributed by atoms with Crippen molar-refractivity contribution in [3.63, 3.8) is 0 Å². The van der Waals surface area contributed by atoms with Crippen molar-refractivity contribution in [3.8, 4) is 0 Å². The maximum Gasteiger partial charge on any atom is 0.295 e. The molecule has 0 unspecified atom stereocenters. The van der Waals surface area contributed by atoms with E-state index in [2.05, 4.69) is 25.5 Å². The fraction of sp³-hybridized carbons (Fsp3) is 0.200. The van der Waals surface area contributed by atoms with Crippen LogP contribution in [-0.4, -0.2) is 26.1 Å². The molecule has 3 aromatic rings. The maximum absolute atomic E-state index is 12.2. The van der Waals surface area contributed by atoms with Gasteiger partial charge < -0.3 is 5.32 Å². The summed E-state index contributed by atoms with van der Waals surface area (Å²) in [7, 11) is 0. The summed E-state index contributed by atoms with van der Waals surface area (Å²) in [6.45, 7) is 2.05. The van der Waals surface area contributed by atoms with Gasteiger partial charge in [-0.05, 0) is 30.7 Å². The Labute approximate surface area is 121 Å². The van der Waals surface area contributed by atoms with Crippen LogP contribution in [0.3, 0.4) is 0 Å². The zero-order valence-electron chi connectivity index (χ0n) is 11.6. The van der Waals surface area contributed by atoms with E-state index in [1.54, 1.807) is 6.20 Å². The summed E-state index contributed by atoms with van der Waals surface area (Å²) in [5.41, 5.74) is 1.53. The summed E-state index contributed by atoms with van der Waals surface area (Å²) < 4.78 is 0. The molecule has 0 saturated carbocycles. The fourth-order valence-electron chi connectivity index (χ4n) is 2.14. The lowest BCUT2D eigenvalue weighted by Crippen LogP contribution is -2.14. The van der Waals surface area contributed by atoms with Gasteiger partial charge in [-0.3, -0.25) is 14.9 Å².